The molecule has 19 nitrogen and oxygen atoms in total. The van der Waals surface area contributed by atoms with Crippen molar-refractivity contribution < 1.29 is 37.4 Å². The molecule has 4 aliphatic heterocycles. The summed E-state index contributed by atoms with van der Waals surface area (Å²) in [5, 5.41) is 25.0. The van der Waals surface area contributed by atoms with Gasteiger partial charge in [0, 0.05) is 149 Å². The van der Waals surface area contributed by atoms with E-state index in [9.17, 15) is 28.4 Å². The van der Waals surface area contributed by atoms with Gasteiger partial charge in [-0.15, -0.1) is 0 Å². The topological polar surface area (TPSA) is 201 Å². The number of rotatable bonds is 17. The van der Waals surface area contributed by atoms with Gasteiger partial charge < -0.3 is 44.4 Å². The highest BCUT2D eigenvalue weighted by molar-refractivity contribution is 6.31. The van der Waals surface area contributed by atoms with Gasteiger partial charge in [0.15, 0.2) is 5.82 Å². The number of urea groups is 1. The minimum atomic E-state index is -2.70. The summed E-state index contributed by atoms with van der Waals surface area (Å²) in [6.45, 7) is 13.9. The Balaban J connectivity index is 0.646. The molecule has 80 heavy (non-hydrogen) atoms. The van der Waals surface area contributed by atoms with Crippen LogP contribution in [0, 0.1) is 28.1 Å². The Labute approximate surface area is 470 Å². The number of piperidine rings is 2. The molecule has 2 saturated heterocycles. The normalized spacial score (nSPS) is 20.0. The molecular weight excluding hydrogens is 1050 g/mol. The molecular formula is C58H72ClF2N13O6. The van der Waals surface area contributed by atoms with Gasteiger partial charge in [-0.2, -0.15) is 15.5 Å². The number of alkyl halides is 2. The van der Waals surface area contributed by atoms with Gasteiger partial charge in [-0.3, -0.25) is 19.0 Å². The number of aromatic nitrogens is 6. The van der Waals surface area contributed by atoms with Crippen LogP contribution >= 0.6 is 11.6 Å². The van der Waals surface area contributed by atoms with Gasteiger partial charge in [0.2, 0.25) is 11.9 Å². The Morgan fingerprint density at radius 3 is 2.33 bits per heavy atom. The van der Waals surface area contributed by atoms with Gasteiger partial charge in [0.1, 0.15) is 24.5 Å². The molecule has 3 aromatic heterocycles. The predicted octanol–water partition coefficient (Wildman–Crippen LogP) is 8.43. The molecule has 2 aromatic carbocycles. The van der Waals surface area contributed by atoms with Gasteiger partial charge in [-0.25, -0.2) is 23.5 Å². The lowest BCUT2D eigenvalue weighted by molar-refractivity contribution is -0.164. The Morgan fingerprint density at radius 2 is 1.65 bits per heavy atom. The quantitative estimate of drug-likeness (QED) is 0.0842. The van der Waals surface area contributed by atoms with Crippen LogP contribution < -0.4 is 25.2 Å². The largest absolute Gasteiger partial charge is 0.489 e. The number of benzene rings is 2. The molecule has 0 atom stereocenters. The summed E-state index contributed by atoms with van der Waals surface area (Å²) < 4.78 is 51.5. The van der Waals surface area contributed by atoms with E-state index in [1.54, 1.807) is 72.7 Å². The molecule has 2 N–H and O–H groups in total. The molecule has 0 unspecified atom stereocenters. The van der Waals surface area contributed by atoms with E-state index in [1.165, 1.54) is 0 Å². The number of amides is 4. The van der Waals surface area contributed by atoms with Crippen molar-refractivity contribution in [1.29, 1.82) is 5.26 Å². The Hall–Kier alpha value is -6.89. The van der Waals surface area contributed by atoms with Crippen LogP contribution in [0.15, 0.2) is 55.1 Å². The van der Waals surface area contributed by atoms with Gasteiger partial charge in [-0.1, -0.05) is 39.3 Å². The number of aryl methyl sites for hydroxylation is 2. The third-order valence-electron chi connectivity index (χ3n) is 17.0. The smallest absolute Gasteiger partial charge is 0.317 e. The first-order valence-corrected chi connectivity index (χ1v) is 28.3. The number of hydrogen-bond donors (Lipinski definition) is 2. The van der Waals surface area contributed by atoms with Crippen LogP contribution in [0.4, 0.5) is 31.0 Å². The minimum Gasteiger partial charge on any atom is -0.489 e. The molecule has 4 amide bonds. The second-order valence-electron chi connectivity index (χ2n) is 23.0. The van der Waals surface area contributed by atoms with Crippen molar-refractivity contribution in [1.82, 2.24) is 50.0 Å². The molecule has 1 saturated carbocycles. The highest BCUT2D eigenvalue weighted by Crippen LogP contribution is 2.56. The number of carbonyl (C=O) groups is 3. The van der Waals surface area contributed by atoms with E-state index >= 15 is 0 Å². The summed E-state index contributed by atoms with van der Waals surface area (Å²) in [5.74, 6) is 1.95. The van der Waals surface area contributed by atoms with Crippen molar-refractivity contribution in [3.63, 3.8) is 0 Å². The molecule has 7 heterocycles. The van der Waals surface area contributed by atoms with Gasteiger partial charge in [0.25, 0.3) is 12.3 Å². The van der Waals surface area contributed by atoms with Crippen LogP contribution in [0.3, 0.4) is 0 Å². The van der Waals surface area contributed by atoms with E-state index in [-0.39, 0.29) is 48.2 Å². The van der Waals surface area contributed by atoms with Crippen LogP contribution in [0.25, 0.3) is 11.1 Å². The summed E-state index contributed by atoms with van der Waals surface area (Å²) in [6, 6.07) is 10.2. The fourth-order valence-electron chi connectivity index (χ4n) is 13.0. The highest BCUT2D eigenvalue weighted by Gasteiger charge is 2.64. The maximum Gasteiger partial charge on any atom is 0.317 e. The number of fused-ring (bicyclic) bond motifs is 2. The number of nitrogens with one attached hydrogen (secondary N) is 2. The second kappa shape index (κ2) is 23.7. The number of anilines is 3. The average molecular weight is 1120 g/mol. The molecule has 1 aliphatic carbocycles. The summed E-state index contributed by atoms with van der Waals surface area (Å²) in [6.07, 6.45) is 9.67. The molecule has 426 valence electrons. The molecule has 5 aromatic rings. The van der Waals surface area contributed by atoms with Crippen LogP contribution in [-0.2, 0) is 40.7 Å². The first-order valence-electron chi connectivity index (χ1n) is 27.9. The van der Waals surface area contributed by atoms with Gasteiger partial charge in [0.05, 0.1) is 34.9 Å². The van der Waals surface area contributed by atoms with E-state index in [2.05, 4.69) is 73.9 Å². The van der Waals surface area contributed by atoms with Crippen LogP contribution in [0.5, 0.6) is 5.75 Å². The first kappa shape index (κ1) is 56.4. The number of carbonyl (C=O) groups excluding carboxylic acids is 3. The lowest BCUT2D eigenvalue weighted by Crippen LogP contribution is -2.74. The van der Waals surface area contributed by atoms with Gasteiger partial charge in [-0.05, 0) is 86.3 Å². The Bertz CT molecular complexity index is 3090. The van der Waals surface area contributed by atoms with Crippen molar-refractivity contribution in [2.24, 2.45) is 23.8 Å². The van der Waals surface area contributed by atoms with Gasteiger partial charge >= 0.3 is 6.03 Å². The minimum absolute atomic E-state index is 0.00389. The zero-order valence-corrected chi connectivity index (χ0v) is 47.3. The van der Waals surface area contributed by atoms with E-state index in [1.807, 2.05) is 11.0 Å². The lowest BCUT2D eigenvalue weighted by Gasteiger charge is -2.63. The number of nitrogens with zero attached hydrogens (tertiary/aromatic N) is 11. The van der Waals surface area contributed by atoms with E-state index in [4.69, 9.17) is 30.9 Å². The number of likely N-dealkylation sites (tertiary alicyclic amines) is 1. The van der Waals surface area contributed by atoms with Crippen LogP contribution in [0.1, 0.15) is 117 Å². The highest BCUT2D eigenvalue weighted by atomic mass is 35.5. The van der Waals surface area contributed by atoms with E-state index < -0.39 is 17.3 Å². The van der Waals surface area contributed by atoms with Crippen molar-refractivity contribution in [3.8, 4) is 22.9 Å². The summed E-state index contributed by atoms with van der Waals surface area (Å²) in [4.78, 5) is 56.7. The molecule has 10 rings (SSSR count). The second-order valence-corrected chi connectivity index (χ2v) is 23.4. The molecule has 22 heteroatoms. The third-order valence-corrected chi connectivity index (χ3v) is 17.3. The number of ether oxygens (including phenoxy) is 3. The van der Waals surface area contributed by atoms with Crippen LogP contribution in [-0.4, -0.2) is 142 Å². The SMILES string of the molecule is CNC(=O)N1CCc2c(c(N3CCCc4cc(-c5cnn(C)c5)c(C(F)F)cc43)nn2C2CCN(C(=O)COCCCOCC3CCN(c4ncc(C(=O)NC5C(C)(C)C(Oc6ccc(C#N)c(Cl)c6)C5(C)C)cn4)CC3)CC2)C1. The number of hydrogen-bond acceptors (Lipinski definition) is 13. The van der Waals surface area contributed by atoms with Crippen molar-refractivity contribution in [2.75, 3.05) is 82.5 Å². The summed E-state index contributed by atoms with van der Waals surface area (Å²) >= 11 is 6.26. The number of halogens is 3. The zero-order chi connectivity index (χ0) is 56.5. The molecule has 3 fully saturated rings. The maximum absolute atomic E-state index is 14.8. The molecule has 5 aliphatic rings. The van der Waals surface area contributed by atoms with Crippen molar-refractivity contribution in [3.05, 3.63) is 93.7 Å². The van der Waals surface area contributed by atoms with E-state index in [0.717, 1.165) is 55.6 Å². The monoisotopic (exact) mass is 1120 g/mol. The van der Waals surface area contributed by atoms with E-state index in [0.29, 0.717) is 135 Å². The van der Waals surface area contributed by atoms with Crippen LogP contribution in [0.2, 0.25) is 5.02 Å². The molecule has 0 radical (unpaired) electrons. The van der Waals surface area contributed by atoms with Crippen molar-refractivity contribution >= 4 is 46.9 Å². The zero-order valence-electron chi connectivity index (χ0n) is 46.5. The molecule has 0 bridgehead atoms. The summed E-state index contributed by atoms with van der Waals surface area (Å²) in [5.41, 5.74) is 4.68. The Kier molecular flexibility index (Phi) is 16.7. The third kappa shape index (κ3) is 11.5. The fourth-order valence-corrected chi connectivity index (χ4v) is 13.2. The first-order chi connectivity index (χ1) is 38.4. The average Bonchev–Trinajstić information content (AvgIpc) is 4.09. The molecule has 0 spiro atoms. The number of nitriles is 1. The summed E-state index contributed by atoms with van der Waals surface area (Å²) in [7, 11) is 3.39. The lowest BCUT2D eigenvalue weighted by atomic mass is 9.49. The van der Waals surface area contributed by atoms with Crippen molar-refractivity contribution in [2.45, 2.75) is 110 Å². The fraction of sp³-hybridized carbons (Fsp3) is 0.552. The Morgan fingerprint density at radius 1 is 0.912 bits per heavy atom. The maximum atomic E-state index is 14.8. The standard InChI is InChI=1S/C58H72ClF2N13O6/c1-57(2)53(58(3,4)54(57)80-42-11-10-38(28-62)46(59)26-42)67-52(76)39-29-64-55(65-30-39)71-18-12-36(13-19-71)34-78-23-8-24-79-35-49(75)70-20-14-41(15-21-70)74-47-16-22-72(56(77)63-5)33-45(47)51(68-74)73-17-7-9-37-25-43(40-31-66-69(6)32-40)44(50(60)61)27-48(37)73/h10-11,25-27,29-32,36,41,50,53-54H,7-9,12-24,33-35H2,1-6H3,(H,63,77)(H,67,76). The predicted molar refractivity (Wildman–Crippen MR) is 297 cm³/mol.